The van der Waals surface area contributed by atoms with Crippen LogP contribution in [0.4, 0.5) is 5.82 Å². The molecule has 2 heterocycles. The maximum atomic E-state index is 11.4. The summed E-state index contributed by atoms with van der Waals surface area (Å²) in [4.78, 5) is 21.5. The lowest BCUT2D eigenvalue weighted by Crippen LogP contribution is -2.30. The first-order valence-corrected chi connectivity index (χ1v) is 6.19. The van der Waals surface area contributed by atoms with Gasteiger partial charge in [-0.25, -0.2) is 5.84 Å². The lowest BCUT2D eigenvalue weighted by molar-refractivity contribution is -0.390. The molecule has 3 N–H and O–H groups in total. The second-order valence-electron chi connectivity index (χ2n) is 3.91. The van der Waals surface area contributed by atoms with Gasteiger partial charge in [-0.1, -0.05) is 0 Å². The second kappa shape index (κ2) is 5.43. The number of carbonyl (C=O) groups excluding carboxylic acids is 1. The molecule has 0 fully saturated rings. The fourth-order valence-corrected chi connectivity index (χ4v) is 2.14. The van der Waals surface area contributed by atoms with Crippen molar-refractivity contribution in [3.05, 3.63) is 43.9 Å². The van der Waals surface area contributed by atoms with Crippen molar-refractivity contribution in [1.29, 1.82) is 0 Å². The van der Waals surface area contributed by atoms with E-state index in [1.165, 1.54) is 16.9 Å². The Morgan fingerprint density at radius 1 is 1.70 bits per heavy atom. The van der Waals surface area contributed by atoms with Crippen LogP contribution < -0.4 is 11.3 Å². The van der Waals surface area contributed by atoms with E-state index in [0.29, 0.717) is 17.1 Å². The molecule has 0 aromatic carbocycles. The highest BCUT2D eigenvalue weighted by molar-refractivity contribution is 9.10. The molecule has 9 nitrogen and oxygen atoms in total. The number of nitrogens with one attached hydrogen (secondary N) is 1. The van der Waals surface area contributed by atoms with Gasteiger partial charge in [0.25, 0.3) is 5.91 Å². The molecule has 2 aromatic heterocycles. The van der Waals surface area contributed by atoms with E-state index < -0.39 is 10.8 Å². The molecule has 0 bridgehead atoms. The summed E-state index contributed by atoms with van der Waals surface area (Å²) in [5, 5.41) is 14.5. The van der Waals surface area contributed by atoms with E-state index in [1.54, 1.807) is 6.92 Å². The summed E-state index contributed by atoms with van der Waals surface area (Å²) in [5.41, 5.74) is 2.32. The Balaban J connectivity index is 2.24. The summed E-state index contributed by atoms with van der Waals surface area (Å²) in [6.07, 6.45) is 1.46. The fraction of sp³-hybridized carbons (Fsp3) is 0.200. The third kappa shape index (κ3) is 2.70. The van der Waals surface area contributed by atoms with Crippen molar-refractivity contribution in [3.63, 3.8) is 0 Å². The van der Waals surface area contributed by atoms with E-state index in [2.05, 4.69) is 21.0 Å². The standard InChI is InChI=1S/C10H10BrN5O4/c1-5-7(10(17)13-12)2-6(20-5)3-15-4-8(11)9(14-15)16(18)19/h2,4H,3,12H2,1H3,(H,13,17). The number of nitrogen functional groups attached to an aromatic ring is 1. The molecule has 0 saturated heterocycles. The van der Waals surface area contributed by atoms with E-state index in [9.17, 15) is 14.9 Å². The molecule has 2 aromatic rings. The zero-order chi connectivity index (χ0) is 14.9. The molecule has 0 spiro atoms. The van der Waals surface area contributed by atoms with Crippen LogP contribution in [0.15, 0.2) is 21.2 Å². The molecule has 0 atom stereocenters. The largest absolute Gasteiger partial charge is 0.463 e. The summed E-state index contributed by atoms with van der Waals surface area (Å²) >= 11 is 3.05. The number of aromatic nitrogens is 2. The van der Waals surface area contributed by atoms with Gasteiger partial charge < -0.3 is 14.5 Å². The third-order valence-corrected chi connectivity index (χ3v) is 3.09. The van der Waals surface area contributed by atoms with Gasteiger partial charge in [-0.3, -0.25) is 10.2 Å². The Bertz CT molecular complexity index is 677. The van der Waals surface area contributed by atoms with E-state index in [1.807, 2.05) is 5.43 Å². The van der Waals surface area contributed by atoms with Crippen LogP contribution in [0.3, 0.4) is 0 Å². The van der Waals surface area contributed by atoms with Crippen LogP contribution in [0, 0.1) is 17.0 Å². The molecule has 0 aliphatic rings. The van der Waals surface area contributed by atoms with Gasteiger partial charge in [0.1, 0.15) is 22.5 Å². The molecule has 10 heteroatoms. The Morgan fingerprint density at radius 2 is 2.40 bits per heavy atom. The zero-order valence-electron chi connectivity index (χ0n) is 10.3. The number of nitro groups is 1. The van der Waals surface area contributed by atoms with Crippen molar-refractivity contribution < 1.29 is 14.1 Å². The van der Waals surface area contributed by atoms with Gasteiger partial charge in [-0.2, -0.15) is 4.68 Å². The van der Waals surface area contributed by atoms with Gasteiger partial charge >= 0.3 is 5.82 Å². The minimum atomic E-state index is -0.596. The number of hydrogen-bond donors (Lipinski definition) is 2. The van der Waals surface area contributed by atoms with Crippen LogP contribution in [0.1, 0.15) is 21.9 Å². The Labute approximate surface area is 121 Å². The van der Waals surface area contributed by atoms with Crippen molar-refractivity contribution in [1.82, 2.24) is 15.2 Å². The van der Waals surface area contributed by atoms with Gasteiger partial charge in [0.05, 0.1) is 16.9 Å². The molecule has 0 radical (unpaired) electrons. The van der Waals surface area contributed by atoms with Crippen LogP contribution >= 0.6 is 15.9 Å². The van der Waals surface area contributed by atoms with Gasteiger partial charge in [-0.15, -0.1) is 0 Å². The van der Waals surface area contributed by atoms with Crippen LogP contribution in [0.25, 0.3) is 0 Å². The molecule has 0 aliphatic heterocycles. The van der Waals surface area contributed by atoms with Crippen molar-refractivity contribution in [3.8, 4) is 0 Å². The topological polar surface area (TPSA) is 129 Å². The number of hydrogen-bond acceptors (Lipinski definition) is 6. The molecule has 2 rings (SSSR count). The number of halogens is 1. The van der Waals surface area contributed by atoms with Gasteiger partial charge in [-0.05, 0) is 33.8 Å². The molecular weight excluding hydrogens is 334 g/mol. The Hall–Kier alpha value is -2.20. The molecule has 106 valence electrons. The molecule has 0 unspecified atom stereocenters. The van der Waals surface area contributed by atoms with Crippen molar-refractivity contribution >= 4 is 27.7 Å². The zero-order valence-corrected chi connectivity index (χ0v) is 11.9. The van der Waals surface area contributed by atoms with E-state index in [0.717, 1.165) is 0 Å². The number of furan rings is 1. The molecule has 0 saturated carbocycles. The van der Waals surface area contributed by atoms with Crippen molar-refractivity contribution in [2.45, 2.75) is 13.5 Å². The summed E-state index contributed by atoms with van der Waals surface area (Å²) < 4.78 is 7.00. The summed E-state index contributed by atoms with van der Waals surface area (Å²) in [5.74, 6) is 5.14. The number of rotatable bonds is 4. The predicted molar refractivity (Wildman–Crippen MR) is 70.8 cm³/mol. The van der Waals surface area contributed by atoms with Gasteiger partial charge in [0, 0.05) is 0 Å². The number of hydrazine groups is 1. The highest BCUT2D eigenvalue weighted by Gasteiger charge is 2.20. The summed E-state index contributed by atoms with van der Waals surface area (Å²) in [7, 11) is 0. The molecule has 20 heavy (non-hydrogen) atoms. The minimum Gasteiger partial charge on any atom is -0.463 e. The van der Waals surface area contributed by atoms with Gasteiger partial charge in [0.2, 0.25) is 0 Å². The summed E-state index contributed by atoms with van der Waals surface area (Å²) in [6, 6.07) is 1.51. The summed E-state index contributed by atoms with van der Waals surface area (Å²) in [6.45, 7) is 1.78. The van der Waals surface area contributed by atoms with E-state index >= 15 is 0 Å². The first-order valence-electron chi connectivity index (χ1n) is 5.40. The SMILES string of the molecule is Cc1oc(Cn2cc(Br)c([N+](=O)[O-])n2)cc1C(=O)NN. The first-order chi connectivity index (χ1) is 9.42. The highest BCUT2D eigenvalue weighted by Crippen LogP contribution is 2.23. The van der Waals surface area contributed by atoms with Crippen molar-refractivity contribution in [2.24, 2.45) is 5.84 Å². The fourth-order valence-electron chi connectivity index (χ4n) is 1.68. The van der Waals surface area contributed by atoms with Crippen molar-refractivity contribution in [2.75, 3.05) is 0 Å². The number of nitrogens with two attached hydrogens (primary N) is 1. The average molecular weight is 344 g/mol. The monoisotopic (exact) mass is 343 g/mol. The third-order valence-electron chi connectivity index (χ3n) is 2.53. The molecule has 0 aliphatic carbocycles. The second-order valence-corrected chi connectivity index (χ2v) is 4.77. The smallest absolute Gasteiger partial charge is 0.404 e. The molecule has 1 amide bonds. The maximum Gasteiger partial charge on any atom is 0.404 e. The quantitative estimate of drug-likeness (QED) is 0.370. The number of nitrogens with zero attached hydrogens (tertiary/aromatic N) is 3. The number of carbonyl (C=O) groups is 1. The van der Waals surface area contributed by atoms with Crippen LogP contribution in [0.5, 0.6) is 0 Å². The van der Waals surface area contributed by atoms with Crippen LogP contribution in [-0.2, 0) is 6.54 Å². The maximum absolute atomic E-state index is 11.4. The van der Waals surface area contributed by atoms with E-state index in [4.69, 9.17) is 10.3 Å². The normalized spacial score (nSPS) is 10.6. The van der Waals surface area contributed by atoms with E-state index in [-0.39, 0.29) is 16.8 Å². The highest BCUT2D eigenvalue weighted by atomic mass is 79.9. The lowest BCUT2D eigenvalue weighted by Gasteiger charge is -1.93. The first kappa shape index (κ1) is 14.2. The Kier molecular flexibility index (Phi) is 3.86. The van der Waals surface area contributed by atoms with Gasteiger partial charge in [0.15, 0.2) is 0 Å². The van der Waals surface area contributed by atoms with Crippen LogP contribution in [0.2, 0.25) is 0 Å². The number of aryl methyl sites for hydroxylation is 1. The Morgan fingerprint density at radius 3 is 2.95 bits per heavy atom. The number of amides is 1. The minimum absolute atomic E-state index is 0.158. The average Bonchev–Trinajstić information content (AvgIpc) is 2.92. The molecular formula is C10H10BrN5O4. The predicted octanol–water partition coefficient (Wildman–Crippen LogP) is 1.11. The lowest BCUT2D eigenvalue weighted by atomic mass is 10.2. The van der Waals surface area contributed by atoms with Crippen LogP contribution in [-0.4, -0.2) is 20.6 Å².